The Morgan fingerprint density at radius 1 is 1.02 bits per heavy atom. The van der Waals surface area contributed by atoms with Crippen LogP contribution in [0.5, 0.6) is 0 Å². The van der Waals surface area contributed by atoms with Crippen LogP contribution in [0.2, 0.25) is 0 Å². The Kier molecular flexibility index (Phi) is 6.63. The van der Waals surface area contributed by atoms with Crippen LogP contribution in [-0.2, 0) is 42.6 Å². The molecule has 0 saturated carbocycles. The van der Waals surface area contributed by atoms with E-state index in [4.69, 9.17) is 12.3 Å². The largest absolute Gasteiger partial charge is 0.416 e. The molecule has 0 N–H and O–H groups in total. The minimum Gasteiger partial charge on any atom is -0.336 e. The fraction of sp³-hybridized carbons (Fsp3) is 0.378. The number of halogens is 4. The Bertz CT molecular complexity index is 2480. The van der Waals surface area contributed by atoms with Crippen molar-refractivity contribution < 1.29 is 42.9 Å². The Morgan fingerprint density at radius 2 is 1.71 bits per heavy atom. The van der Waals surface area contributed by atoms with Gasteiger partial charge in [-0.15, -0.1) is 0 Å². The molecule has 1 aliphatic carbocycles. The average Bonchev–Trinajstić information content (AvgIpc) is 3.67. The lowest BCUT2D eigenvalue weighted by Crippen LogP contribution is -2.40. The molecule has 4 aromatic rings. The quantitative estimate of drug-likeness (QED) is 0.0823. The van der Waals surface area contributed by atoms with Crippen LogP contribution in [0.1, 0.15) is 74.3 Å². The number of hydrogen-bond acceptors (Lipinski definition) is 5. The Balaban J connectivity index is 1.81. The summed E-state index contributed by atoms with van der Waals surface area (Å²) in [5.41, 5.74) is -6.20. The minimum atomic E-state index is -5.37. The van der Waals surface area contributed by atoms with Crippen molar-refractivity contribution in [1.29, 1.82) is 0 Å². The number of amides is 1. The lowest BCUT2D eigenvalue weighted by molar-refractivity contribution is -0.137. The fourth-order valence-corrected chi connectivity index (χ4v) is 5.59. The molecule has 0 fully saturated rings. The summed E-state index contributed by atoms with van der Waals surface area (Å²) >= 11 is 0.735. The molecule has 11 heteroatoms. The molecule has 3 aromatic carbocycles. The van der Waals surface area contributed by atoms with Crippen LogP contribution in [0.4, 0.5) is 17.6 Å². The molecule has 1 heterocycles. The summed E-state index contributed by atoms with van der Waals surface area (Å²) in [4.78, 5) is 32.8. The second-order valence-electron chi connectivity index (χ2n) is 10.5. The van der Waals surface area contributed by atoms with E-state index in [1.54, 1.807) is 0 Å². The molecule has 0 aliphatic heterocycles. The molecule has 1 amide bonds. The van der Waals surface area contributed by atoms with E-state index in [1.807, 2.05) is 0 Å². The third kappa shape index (κ3) is 8.54. The lowest BCUT2D eigenvalue weighted by Gasteiger charge is -2.28. The van der Waals surface area contributed by atoms with Crippen LogP contribution in [0.3, 0.4) is 0 Å². The molecule has 0 radical (unpaired) electrons. The highest BCUT2D eigenvalue weighted by Gasteiger charge is 2.30. The topological polar surface area (TPSA) is 58.4 Å². The number of benzene rings is 3. The van der Waals surface area contributed by atoms with Gasteiger partial charge in [0.25, 0.3) is 5.56 Å². The maximum Gasteiger partial charge on any atom is 0.416 e. The molecule has 5 rings (SSSR count). The van der Waals surface area contributed by atoms with E-state index in [2.05, 4.69) is 4.98 Å². The van der Waals surface area contributed by atoms with Gasteiger partial charge < -0.3 is 14.4 Å². The molecule has 0 unspecified atom stereocenters. The van der Waals surface area contributed by atoms with E-state index in [0.717, 1.165) is 35.7 Å². The van der Waals surface area contributed by atoms with Gasteiger partial charge in [-0.1, -0.05) is 68.0 Å². The van der Waals surface area contributed by atoms with Crippen molar-refractivity contribution in [2.45, 2.75) is 70.1 Å². The van der Waals surface area contributed by atoms with Crippen molar-refractivity contribution >= 4 is 17.7 Å². The Morgan fingerprint density at radius 3 is 2.38 bits per heavy atom. The second kappa shape index (κ2) is 15.5. The van der Waals surface area contributed by atoms with Crippen molar-refractivity contribution in [2.75, 3.05) is 26.1 Å². The van der Waals surface area contributed by atoms with Crippen molar-refractivity contribution in [2.24, 2.45) is 0 Å². The van der Waals surface area contributed by atoms with Crippen LogP contribution in [0.15, 0.2) is 76.5 Å². The first-order chi connectivity index (χ1) is 28.9. The molecule has 1 aliphatic rings. The molecule has 1 aromatic heterocycles. The predicted molar refractivity (Wildman–Crippen MR) is 181 cm³/mol. The van der Waals surface area contributed by atoms with Gasteiger partial charge in [0, 0.05) is 39.2 Å². The zero-order chi connectivity index (χ0) is 47.7. The second-order valence-corrected chi connectivity index (χ2v) is 11.4. The molecule has 0 spiro atoms. The van der Waals surface area contributed by atoms with E-state index >= 15 is 4.79 Å². The molecule has 6 nitrogen and oxygen atoms in total. The Hall–Kier alpha value is -3.96. The number of hydrogen-bond donors (Lipinski definition) is 0. The van der Waals surface area contributed by atoms with Gasteiger partial charge in [-0.3, -0.25) is 9.59 Å². The number of carbonyl (C=O) groups is 1. The average molecular weight is 696 g/mol. The van der Waals surface area contributed by atoms with Crippen molar-refractivity contribution in [3.63, 3.8) is 0 Å². The highest BCUT2D eigenvalue weighted by Crippen LogP contribution is 2.32. The standard InChI is InChI=1S/C37H40F4N4O2S/c1-4-43(5-2)19-20-44(22-29-12-11-28(21-25(29)3)27-13-15-30(16-14-27)37(39,40)41)34(46)23-45-33-8-6-7-32(33)35(47)42-36(45)48-24-26-9-17-31(38)18-10-26/h9-18,21H,4-8,19-20,22-24H2,1-3H3/i11D,12D,13D,14D,15D,16D,19D2,20D2,21D,22D2,23D2. The molecular formula is C37H40F4N4O2S. The van der Waals surface area contributed by atoms with Gasteiger partial charge in [-0.25, -0.2) is 4.39 Å². The highest BCUT2D eigenvalue weighted by atomic mass is 32.2. The number of aromatic nitrogens is 2. The van der Waals surface area contributed by atoms with Gasteiger partial charge in [0.15, 0.2) is 5.16 Å². The van der Waals surface area contributed by atoms with Crippen molar-refractivity contribution in [3.05, 3.63) is 116 Å². The summed E-state index contributed by atoms with van der Waals surface area (Å²) in [5, 5.41) is -0.434. The van der Waals surface area contributed by atoms with Crippen molar-refractivity contribution in [3.8, 4) is 11.1 Å². The van der Waals surface area contributed by atoms with Gasteiger partial charge in [0.05, 0.1) is 23.4 Å². The van der Waals surface area contributed by atoms with Gasteiger partial charge >= 0.3 is 6.18 Å². The first-order valence-corrected chi connectivity index (χ1v) is 15.8. The molecule has 0 saturated heterocycles. The van der Waals surface area contributed by atoms with Crippen LogP contribution in [-0.4, -0.2) is 51.3 Å². The van der Waals surface area contributed by atoms with Crippen LogP contribution in [0.25, 0.3) is 11.1 Å². The number of alkyl halides is 3. The zero-order valence-corrected chi connectivity index (χ0v) is 26.9. The monoisotopic (exact) mass is 695 g/mol. The minimum absolute atomic E-state index is 0.00360. The number of thioether (sulfide) groups is 1. The Labute approximate surface area is 303 Å². The summed E-state index contributed by atoms with van der Waals surface area (Å²) in [5.74, 6) is -2.74. The maximum absolute atomic E-state index is 15.2. The van der Waals surface area contributed by atoms with Crippen LogP contribution < -0.4 is 5.56 Å². The molecule has 0 bridgehead atoms. The third-order valence-electron chi connectivity index (χ3n) is 7.26. The third-order valence-corrected chi connectivity index (χ3v) is 8.27. The van der Waals surface area contributed by atoms with Gasteiger partial charge in [-0.2, -0.15) is 18.2 Å². The summed E-state index contributed by atoms with van der Waals surface area (Å²) < 4.78 is 190. The fourth-order valence-electron chi connectivity index (χ4n) is 4.67. The normalized spacial score (nSPS) is 18.5. The first kappa shape index (κ1) is 20.5. The van der Waals surface area contributed by atoms with E-state index in [9.17, 15) is 30.6 Å². The van der Waals surface area contributed by atoms with Gasteiger partial charge in [0.1, 0.15) is 12.3 Å². The van der Waals surface area contributed by atoms with Crippen LogP contribution in [0, 0.1) is 12.7 Å². The number of rotatable bonds is 13. The molecule has 254 valence electrons. The SMILES string of the molecule is [2H]c1c([2H])c(C(F)(F)F)c([2H])c([2H])c1-c1c([2H])c([2H])c(C([2H])([2H])N(C(=O)C([2H])([2H])n2c(SCc3ccc(F)cc3)nc(=O)c3c2CCC3)C([2H])([2H])C([2H])([2H])N(CC)CC)c(C)c1[2H]. The maximum atomic E-state index is 15.2. The smallest absolute Gasteiger partial charge is 0.336 e. The molecule has 48 heavy (non-hydrogen) atoms. The zero-order valence-electron chi connectivity index (χ0n) is 41.1. The van der Waals surface area contributed by atoms with E-state index < -0.39 is 130 Å². The number of fused-ring (bicyclic) bond motifs is 1. The summed E-state index contributed by atoms with van der Waals surface area (Å²) in [7, 11) is 0. The number of nitrogens with zero attached hydrogens (tertiary/aromatic N) is 4. The summed E-state index contributed by atoms with van der Waals surface area (Å²) in [6.45, 7) is -11.6. The van der Waals surface area contributed by atoms with Gasteiger partial charge in [0.2, 0.25) is 5.91 Å². The summed E-state index contributed by atoms with van der Waals surface area (Å²) in [6.07, 6.45) is -5.00. The highest BCUT2D eigenvalue weighted by molar-refractivity contribution is 7.98. The van der Waals surface area contributed by atoms with E-state index in [1.165, 1.54) is 26.0 Å². The van der Waals surface area contributed by atoms with Crippen molar-refractivity contribution in [1.82, 2.24) is 19.4 Å². The number of likely N-dealkylation sites (N-methyl/N-ethyl adjacent to an activating group) is 1. The molecule has 0 atom stereocenters. The van der Waals surface area contributed by atoms with E-state index in [-0.39, 0.29) is 49.4 Å². The van der Waals surface area contributed by atoms with E-state index in [0.29, 0.717) is 10.1 Å². The summed E-state index contributed by atoms with van der Waals surface area (Å²) in [6, 6.07) is -4.44. The molecular weight excluding hydrogens is 640 g/mol. The van der Waals surface area contributed by atoms with Crippen LogP contribution >= 0.6 is 11.8 Å². The predicted octanol–water partition coefficient (Wildman–Crippen LogP) is 7.53. The first-order valence-electron chi connectivity index (χ1n) is 22.3. The van der Waals surface area contributed by atoms with Gasteiger partial charge in [-0.05, 0) is 91.3 Å². The number of carbonyl (C=O) groups excluding carboxylic acids is 1. The lowest BCUT2D eigenvalue weighted by atomic mass is 9.98.